The lowest BCUT2D eigenvalue weighted by Gasteiger charge is -2.49. The van der Waals surface area contributed by atoms with E-state index in [-0.39, 0.29) is 85.6 Å². The molecule has 0 radical (unpaired) electrons. The third-order valence-corrected chi connectivity index (χ3v) is 19.7. The average molecular weight is 1270 g/mol. The molecule has 5 saturated heterocycles. The minimum atomic E-state index is -0.0459. The van der Waals surface area contributed by atoms with E-state index in [4.69, 9.17) is 44.9 Å². The maximum atomic E-state index is 5.33. The van der Waals surface area contributed by atoms with Gasteiger partial charge in [0.1, 0.15) is 5.82 Å². The van der Waals surface area contributed by atoms with Crippen LogP contribution in [-0.4, -0.2) is 210 Å². The van der Waals surface area contributed by atoms with E-state index in [1.54, 1.807) is 0 Å². The molecule has 0 aliphatic carbocycles. The molecule has 3 aromatic heterocycles. The average Bonchev–Trinajstić information content (AvgIpc) is 0.821. The monoisotopic (exact) mass is 1270 g/mol. The Balaban J connectivity index is 1.03. The Morgan fingerprint density at radius 3 is 0.802 bits per heavy atom. The number of rotatable bonds is 23. The van der Waals surface area contributed by atoms with E-state index >= 15 is 0 Å². The van der Waals surface area contributed by atoms with Gasteiger partial charge in [0.05, 0.1) is 6.67 Å². The molecule has 8 rings (SSSR count). The number of hydrogen-bond acceptors (Lipinski definition) is 23. The summed E-state index contributed by atoms with van der Waals surface area (Å²) in [6.45, 7) is 51.4. The van der Waals surface area contributed by atoms with Crippen molar-refractivity contribution >= 4 is 47.6 Å². The zero-order valence-electron chi connectivity index (χ0n) is 62.1. The van der Waals surface area contributed by atoms with Crippen LogP contribution < -0.4 is 66.6 Å². The van der Waals surface area contributed by atoms with Crippen LogP contribution in [0.2, 0.25) is 0 Å². The molecule has 0 atom stereocenters. The zero-order chi connectivity index (χ0) is 67.5. The van der Waals surface area contributed by atoms with Gasteiger partial charge in [0, 0.05) is 147 Å². The summed E-state index contributed by atoms with van der Waals surface area (Å²) in [7, 11) is 13.0. The Kier molecular flexibility index (Phi) is 20.9. The number of aromatic nitrogens is 9. The van der Waals surface area contributed by atoms with E-state index in [0.29, 0.717) is 79.7 Å². The molecule has 5 aliphatic rings. The van der Waals surface area contributed by atoms with Crippen LogP contribution in [-0.2, 0) is 0 Å². The first-order chi connectivity index (χ1) is 41.7. The normalized spacial score (nSPS) is 23.5. The van der Waals surface area contributed by atoms with Crippen molar-refractivity contribution < 1.29 is 0 Å². The molecule has 7 N–H and O–H groups in total. The van der Waals surface area contributed by atoms with Crippen molar-refractivity contribution in [1.29, 1.82) is 0 Å². The Hall–Kier alpha value is -4.81. The van der Waals surface area contributed by atoms with Gasteiger partial charge in [-0.25, -0.2) is 0 Å². The highest BCUT2D eigenvalue weighted by Crippen LogP contribution is 2.39. The fourth-order valence-corrected chi connectivity index (χ4v) is 17.4. The molecule has 23 nitrogen and oxygen atoms in total. The summed E-state index contributed by atoms with van der Waals surface area (Å²) in [5.74, 6) is 6.01. The van der Waals surface area contributed by atoms with Crippen LogP contribution in [0.3, 0.4) is 0 Å². The molecule has 8 heterocycles. The highest BCUT2D eigenvalue weighted by molar-refractivity contribution is 5.48. The Labute approximate surface area is 550 Å². The third-order valence-electron chi connectivity index (χ3n) is 19.7. The molecular formula is C68H127N23. The molecule has 91 heavy (non-hydrogen) atoms. The van der Waals surface area contributed by atoms with Crippen LogP contribution in [0.4, 0.5) is 47.6 Å². The fraction of sp³-hybridized carbons (Fsp3) is 0.868. The summed E-state index contributed by atoms with van der Waals surface area (Å²) in [5, 5.41) is 26.8. The van der Waals surface area contributed by atoms with Crippen molar-refractivity contribution in [3.05, 3.63) is 5.82 Å². The lowest BCUT2D eigenvalue weighted by atomic mass is 9.79. The highest BCUT2D eigenvalue weighted by Gasteiger charge is 2.45. The maximum absolute atomic E-state index is 5.33. The van der Waals surface area contributed by atoms with Crippen molar-refractivity contribution in [3.63, 3.8) is 0 Å². The van der Waals surface area contributed by atoms with Crippen LogP contribution in [0.5, 0.6) is 0 Å². The lowest BCUT2D eigenvalue weighted by Crippen LogP contribution is -2.62. The minimum absolute atomic E-state index is 0.0360. The third kappa shape index (κ3) is 19.7. The van der Waals surface area contributed by atoms with Gasteiger partial charge in [0.25, 0.3) is 0 Å². The molecular weight excluding hydrogens is 1140 g/mol. The van der Waals surface area contributed by atoms with Crippen LogP contribution in [0.25, 0.3) is 0 Å². The lowest BCUT2D eigenvalue weighted by molar-refractivity contribution is 0.159. The van der Waals surface area contributed by atoms with Gasteiger partial charge in [-0.05, 0) is 229 Å². The first-order valence-electron chi connectivity index (χ1n) is 34.4. The van der Waals surface area contributed by atoms with E-state index in [1.165, 1.54) is 0 Å². The van der Waals surface area contributed by atoms with E-state index < -0.39 is 0 Å². The van der Waals surface area contributed by atoms with Crippen LogP contribution >= 0.6 is 0 Å². The Bertz CT molecular complexity index is 2730. The summed E-state index contributed by atoms with van der Waals surface area (Å²) < 4.78 is 0. The van der Waals surface area contributed by atoms with Crippen molar-refractivity contribution in [3.8, 4) is 0 Å². The topological polar surface area (TPSA) is 223 Å². The Morgan fingerprint density at radius 2 is 0.538 bits per heavy atom. The van der Waals surface area contributed by atoms with Gasteiger partial charge in [-0.1, -0.05) is 0 Å². The number of nitrogens with one attached hydrogen (secondary N) is 7. The summed E-state index contributed by atoms with van der Waals surface area (Å²) in [6, 6.07) is 1.20. The number of hydrogen-bond donors (Lipinski definition) is 7. The second-order valence-corrected chi connectivity index (χ2v) is 35.4. The SMILES string of the molecule is Cc1nc(N(CCCNc2nc(N(C)C3CC(C)(C)NC(C)(C)C3)nc(N(C)C3CC(C)(C)NC(C)(C)C3)n2)CN(C)CCCNc2nc(N(C)C3CC(C)(C)NC(C)(C)C3)nc(N(C)C3CC(C)(C)NC(C)(C)C3)n2)nc(N(C)C2CC(C)(C)NC(C)(C)C2)n1. The minimum Gasteiger partial charge on any atom is -0.354 e. The molecule has 0 spiro atoms. The molecule has 5 aliphatic heterocycles. The summed E-state index contributed by atoms with van der Waals surface area (Å²) in [4.78, 5) is 62.9. The van der Waals surface area contributed by atoms with Gasteiger partial charge in [-0.2, -0.15) is 44.9 Å². The largest absolute Gasteiger partial charge is 0.354 e. The molecule has 514 valence electrons. The van der Waals surface area contributed by atoms with Gasteiger partial charge in [0.2, 0.25) is 47.6 Å². The first kappa shape index (κ1) is 72.0. The van der Waals surface area contributed by atoms with Crippen LogP contribution in [0, 0.1) is 6.92 Å². The molecule has 5 fully saturated rings. The predicted octanol–water partition coefficient (Wildman–Crippen LogP) is 8.98. The van der Waals surface area contributed by atoms with Crippen molar-refractivity contribution in [1.82, 2.24) is 76.3 Å². The quantitative estimate of drug-likeness (QED) is 0.0348. The van der Waals surface area contributed by atoms with E-state index in [1.807, 2.05) is 6.92 Å². The van der Waals surface area contributed by atoms with Gasteiger partial charge >= 0.3 is 0 Å². The van der Waals surface area contributed by atoms with E-state index in [9.17, 15) is 0 Å². The van der Waals surface area contributed by atoms with Crippen molar-refractivity contribution in [2.45, 2.75) is 308 Å². The van der Waals surface area contributed by atoms with E-state index in [2.05, 4.69) is 252 Å². The Morgan fingerprint density at radius 1 is 0.319 bits per heavy atom. The smallest absolute Gasteiger partial charge is 0.231 e. The number of aryl methyl sites for hydroxylation is 1. The number of nitrogens with zero attached hydrogens (tertiary/aromatic N) is 16. The highest BCUT2D eigenvalue weighted by atomic mass is 15.4. The number of piperidine rings is 5. The van der Waals surface area contributed by atoms with Crippen LogP contribution in [0.1, 0.15) is 221 Å². The summed E-state index contributed by atoms with van der Waals surface area (Å²) >= 11 is 0. The fourth-order valence-electron chi connectivity index (χ4n) is 17.4. The molecule has 0 unspecified atom stereocenters. The molecule has 23 heteroatoms. The van der Waals surface area contributed by atoms with Crippen LogP contribution in [0.15, 0.2) is 0 Å². The van der Waals surface area contributed by atoms with E-state index in [0.717, 1.165) is 83.6 Å². The van der Waals surface area contributed by atoms with Gasteiger partial charge in [-0.3, -0.25) is 4.90 Å². The second kappa shape index (κ2) is 26.4. The van der Waals surface area contributed by atoms with Gasteiger partial charge in [-0.15, -0.1) is 0 Å². The predicted molar refractivity (Wildman–Crippen MR) is 379 cm³/mol. The molecule has 0 bridgehead atoms. The number of anilines is 8. The van der Waals surface area contributed by atoms with Crippen molar-refractivity contribution in [2.24, 2.45) is 0 Å². The maximum Gasteiger partial charge on any atom is 0.231 e. The van der Waals surface area contributed by atoms with Gasteiger partial charge in [0.15, 0.2) is 0 Å². The molecule has 0 amide bonds. The second-order valence-electron chi connectivity index (χ2n) is 35.4. The molecule has 0 saturated carbocycles. The molecule has 3 aromatic rings. The standard InChI is InChI=1S/C68H127N23/c1-45-71-53(86(23)46-34-59(2,3)80-60(4,5)35-46)79-58(72-45)91(33-29-31-70-52-75-56(89(26)49-40-65(14,15)83-66(16,17)41-49)78-57(76-52)90(27)50-42-67(18,19)84-68(20,21)43-50)44-85(22)32-28-30-69-51-73-54(87(24)47-36-61(6,7)81-62(8,9)37-47)77-55(74-51)88(25)48-38-63(10,11)82-64(12,13)39-48/h46-50,80-84H,28-44H2,1-27H3,(H,69,73,74,77)(H,70,75,76,78). The van der Waals surface area contributed by atoms with Crippen molar-refractivity contribution in [2.75, 3.05) is 115 Å². The first-order valence-corrected chi connectivity index (χ1v) is 34.4. The van der Waals surface area contributed by atoms with Gasteiger partial charge < -0.3 is 66.6 Å². The molecule has 0 aromatic carbocycles. The summed E-state index contributed by atoms with van der Waals surface area (Å²) in [6.07, 6.45) is 11.3. The summed E-state index contributed by atoms with van der Waals surface area (Å²) in [5.41, 5.74) is -0.411. The zero-order valence-corrected chi connectivity index (χ0v) is 62.1.